The van der Waals surface area contributed by atoms with Crippen LogP contribution in [0, 0.1) is 16.7 Å². The first kappa shape index (κ1) is 33.3. The molecule has 12 nitrogen and oxygen atoms in total. The molecule has 0 saturated heterocycles. The Morgan fingerprint density at radius 3 is 1.74 bits per heavy atom. The molecule has 2 N–H and O–H groups in total. The number of aliphatic hydroxyl groups is 2. The topological polar surface area (TPSA) is 172 Å². The molecule has 0 aromatic rings. The minimum atomic E-state index is -2.04. The van der Waals surface area contributed by atoms with Crippen molar-refractivity contribution in [3.63, 3.8) is 0 Å². The molecule has 0 heterocycles. The summed E-state index contributed by atoms with van der Waals surface area (Å²) in [4.78, 5) is 62.6. The standard InChI is InChI=1S/C30H42O12/c1-13-20(36)11-22(39-16(4)32)29(10)24(13)26(41-18(6)34)30(37)12-21(38-15(3)31)14(2)23(28(30,8)9)25(40-17(5)33)27(29)42-19(7)35/h20-22,24-27,36-37H,1,11-12H2,2-10H3/t20?,21?,22?,24-,25?,26?,27?,29+,30+/m0/s1. The summed E-state index contributed by atoms with van der Waals surface area (Å²) < 4.78 is 29.1. The Hall–Kier alpha value is -3.25. The van der Waals surface area contributed by atoms with Gasteiger partial charge in [-0.05, 0) is 23.6 Å². The average Bonchev–Trinajstić information content (AvgIpc) is 2.81. The fraction of sp³-hybridized carbons (Fsp3) is 0.700. The number of rotatable bonds is 5. The van der Waals surface area contributed by atoms with Gasteiger partial charge in [-0.25, -0.2) is 0 Å². The van der Waals surface area contributed by atoms with E-state index in [2.05, 4.69) is 6.58 Å². The first-order valence-electron chi connectivity index (χ1n) is 13.9. The Morgan fingerprint density at radius 2 is 1.26 bits per heavy atom. The van der Waals surface area contributed by atoms with E-state index < -0.39 is 88.8 Å². The first-order valence-corrected chi connectivity index (χ1v) is 13.9. The second-order valence-corrected chi connectivity index (χ2v) is 12.3. The second-order valence-electron chi connectivity index (χ2n) is 12.3. The number of hydrogen-bond acceptors (Lipinski definition) is 12. The number of ether oxygens (including phenoxy) is 5. The number of carbonyl (C=O) groups is 5. The maximum atomic E-state index is 12.8. The third kappa shape index (κ3) is 5.46. The molecule has 3 aliphatic carbocycles. The monoisotopic (exact) mass is 594 g/mol. The minimum absolute atomic E-state index is 0.119. The van der Waals surface area contributed by atoms with Crippen molar-refractivity contribution in [2.45, 2.75) is 117 Å². The van der Waals surface area contributed by atoms with Crippen LogP contribution in [-0.2, 0) is 47.7 Å². The fourth-order valence-electron chi connectivity index (χ4n) is 7.41. The lowest BCUT2D eigenvalue weighted by molar-refractivity contribution is -0.258. The molecule has 0 aromatic carbocycles. The van der Waals surface area contributed by atoms with Gasteiger partial charge in [-0.15, -0.1) is 0 Å². The summed E-state index contributed by atoms with van der Waals surface area (Å²) in [5, 5.41) is 24.0. The molecular weight excluding hydrogens is 552 g/mol. The van der Waals surface area contributed by atoms with Crippen molar-refractivity contribution >= 4 is 29.8 Å². The fourth-order valence-corrected chi connectivity index (χ4v) is 7.41. The van der Waals surface area contributed by atoms with Crippen LogP contribution in [0.5, 0.6) is 0 Å². The van der Waals surface area contributed by atoms with Crippen LogP contribution >= 0.6 is 0 Å². The third-order valence-electron chi connectivity index (χ3n) is 9.23. The maximum Gasteiger partial charge on any atom is 0.303 e. The molecule has 42 heavy (non-hydrogen) atoms. The molecule has 2 bridgehead atoms. The zero-order chi connectivity index (χ0) is 32.1. The zero-order valence-corrected chi connectivity index (χ0v) is 25.6. The summed E-state index contributed by atoms with van der Waals surface area (Å²) >= 11 is 0. The molecule has 0 amide bonds. The number of aliphatic hydroxyl groups excluding tert-OH is 1. The maximum absolute atomic E-state index is 12.8. The summed E-state index contributed by atoms with van der Waals surface area (Å²) in [5.41, 5.74) is -4.18. The van der Waals surface area contributed by atoms with Crippen molar-refractivity contribution in [3.05, 3.63) is 23.3 Å². The van der Waals surface area contributed by atoms with Gasteiger partial charge in [0, 0.05) is 58.8 Å². The van der Waals surface area contributed by atoms with Crippen LogP contribution in [0.4, 0.5) is 0 Å². The SMILES string of the molecule is C=C1C(O)CC(OC(C)=O)[C@@]2(C)C(OC(C)=O)C(OC(C)=O)C3=C(C)C(OC(C)=O)C[C@@](O)(C(OC(C)=O)[C@H]12)C3(C)C. The van der Waals surface area contributed by atoms with Crippen molar-refractivity contribution in [1.82, 2.24) is 0 Å². The largest absolute Gasteiger partial charge is 0.462 e. The highest BCUT2D eigenvalue weighted by Crippen LogP contribution is 2.62. The molecule has 0 radical (unpaired) electrons. The zero-order valence-electron chi connectivity index (χ0n) is 25.6. The highest BCUT2D eigenvalue weighted by Gasteiger charge is 2.72. The Bertz CT molecular complexity index is 1220. The van der Waals surface area contributed by atoms with E-state index >= 15 is 0 Å². The lowest BCUT2D eigenvalue weighted by Crippen LogP contribution is -2.73. The number of carbonyl (C=O) groups excluding carboxylic acids is 5. The summed E-state index contributed by atoms with van der Waals surface area (Å²) in [7, 11) is 0. The van der Waals surface area contributed by atoms with Crippen molar-refractivity contribution in [2.75, 3.05) is 0 Å². The van der Waals surface area contributed by atoms with Crippen LogP contribution in [0.15, 0.2) is 23.3 Å². The minimum Gasteiger partial charge on any atom is -0.462 e. The van der Waals surface area contributed by atoms with E-state index in [1.54, 1.807) is 27.7 Å². The van der Waals surface area contributed by atoms with Crippen molar-refractivity contribution in [3.8, 4) is 0 Å². The number of hydrogen-bond donors (Lipinski definition) is 2. The van der Waals surface area contributed by atoms with Crippen LogP contribution in [0.25, 0.3) is 0 Å². The Morgan fingerprint density at radius 1 is 0.786 bits per heavy atom. The smallest absolute Gasteiger partial charge is 0.303 e. The predicted octanol–water partition coefficient (Wildman–Crippen LogP) is 2.08. The van der Waals surface area contributed by atoms with Crippen LogP contribution < -0.4 is 0 Å². The molecule has 2 saturated carbocycles. The quantitative estimate of drug-likeness (QED) is 0.270. The normalized spacial score (nSPS) is 37.3. The van der Waals surface area contributed by atoms with E-state index in [9.17, 15) is 34.2 Å². The summed E-state index contributed by atoms with van der Waals surface area (Å²) in [6, 6.07) is 0. The van der Waals surface area contributed by atoms with E-state index in [1.807, 2.05) is 0 Å². The van der Waals surface area contributed by atoms with E-state index in [-0.39, 0.29) is 24.0 Å². The van der Waals surface area contributed by atoms with Crippen LogP contribution in [-0.4, -0.2) is 82.3 Å². The molecule has 2 fully saturated rings. The van der Waals surface area contributed by atoms with Crippen LogP contribution in [0.1, 0.15) is 75.2 Å². The Balaban J connectivity index is 2.58. The first-order chi connectivity index (χ1) is 19.2. The molecule has 0 spiro atoms. The van der Waals surface area contributed by atoms with E-state index in [0.717, 1.165) is 13.8 Å². The molecule has 3 rings (SSSR count). The van der Waals surface area contributed by atoms with E-state index in [1.165, 1.54) is 20.8 Å². The molecule has 3 aliphatic rings. The Labute approximate surface area is 245 Å². The van der Waals surface area contributed by atoms with Crippen molar-refractivity contribution < 1.29 is 57.9 Å². The van der Waals surface area contributed by atoms with Crippen molar-refractivity contribution in [2.24, 2.45) is 16.7 Å². The third-order valence-corrected chi connectivity index (χ3v) is 9.23. The summed E-state index contributed by atoms with van der Waals surface area (Å²) in [5.74, 6) is -4.87. The molecular formula is C30H42O12. The van der Waals surface area contributed by atoms with Gasteiger partial charge in [-0.3, -0.25) is 24.0 Å². The number of esters is 5. The van der Waals surface area contributed by atoms with Gasteiger partial charge < -0.3 is 33.9 Å². The molecule has 0 aromatic heterocycles. The highest BCUT2D eigenvalue weighted by atomic mass is 16.6. The van der Waals surface area contributed by atoms with Gasteiger partial charge in [0.2, 0.25) is 0 Å². The summed E-state index contributed by atoms with van der Waals surface area (Å²) in [6.07, 6.45) is -8.24. The number of fused-ring (bicyclic) bond motifs is 3. The highest BCUT2D eigenvalue weighted by molar-refractivity contribution is 5.70. The van der Waals surface area contributed by atoms with Crippen LogP contribution in [0.3, 0.4) is 0 Å². The van der Waals surface area contributed by atoms with Crippen LogP contribution in [0.2, 0.25) is 0 Å². The lowest BCUT2D eigenvalue weighted by Gasteiger charge is -2.63. The van der Waals surface area contributed by atoms with Crippen molar-refractivity contribution in [1.29, 1.82) is 0 Å². The molecule has 9 atom stereocenters. The van der Waals surface area contributed by atoms with Gasteiger partial charge in [0.1, 0.15) is 23.9 Å². The average molecular weight is 595 g/mol. The van der Waals surface area contributed by atoms with Gasteiger partial charge in [-0.2, -0.15) is 0 Å². The predicted molar refractivity (Wildman–Crippen MR) is 145 cm³/mol. The van der Waals surface area contributed by atoms with Gasteiger partial charge in [0.05, 0.1) is 11.5 Å². The second kappa shape index (κ2) is 11.4. The molecule has 234 valence electrons. The van der Waals surface area contributed by atoms with Gasteiger partial charge in [0.15, 0.2) is 12.2 Å². The van der Waals surface area contributed by atoms with Gasteiger partial charge in [-0.1, -0.05) is 27.4 Å². The molecule has 12 heteroatoms. The van der Waals surface area contributed by atoms with E-state index in [4.69, 9.17) is 23.7 Å². The Kier molecular flexibility index (Phi) is 9.06. The molecule has 0 aliphatic heterocycles. The van der Waals surface area contributed by atoms with Gasteiger partial charge in [0.25, 0.3) is 0 Å². The lowest BCUT2D eigenvalue weighted by atomic mass is 9.47. The summed E-state index contributed by atoms with van der Waals surface area (Å²) in [6.45, 7) is 16.5. The molecule has 6 unspecified atom stereocenters. The van der Waals surface area contributed by atoms with Gasteiger partial charge >= 0.3 is 29.8 Å². The van der Waals surface area contributed by atoms with E-state index in [0.29, 0.717) is 5.57 Å².